The Morgan fingerprint density at radius 1 is 0.933 bits per heavy atom. The Bertz CT molecular complexity index is 981. The second-order valence-corrected chi connectivity index (χ2v) is 6.42. The van der Waals surface area contributed by atoms with Gasteiger partial charge in [-0.2, -0.15) is 0 Å². The zero-order valence-corrected chi connectivity index (χ0v) is 16.1. The first-order valence-electron chi connectivity index (χ1n) is 9.25. The Balaban J connectivity index is 1.59. The maximum absolute atomic E-state index is 12.5. The molecule has 3 rings (SSSR count). The van der Waals surface area contributed by atoms with E-state index >= 15 is 0 Å². The molecule has 0 bridgehead atoms. The van der Waals surface area contributed by atoms with Gasteiger partial charge in [-0.3, -0.25) is 19.7 Å². The lowest BCUT2D eigenvalue weighted by Crippen LogP contribution is -2.41. The molecular formula is C21H19N3O6. The van der Waals surface area contributed by atoms with Gasteiger partial charge in [-0.1, -0.05) is 19.1 Å². The minimum absolute atomic E-state index is 0.124. The third-order valence-corrected chi connectivity index (χ3v) is 4.28. The van der Waals surface area contributed by atoms with Crippen molar-refractivity contribution in [3.8, 4) is 0 Å². The third-order valence-electron chi connectivity index (χ3n) is 4.28. The average molecular weight is 409 g/mol. The van der Waals surface area contributed by atoms with Crippen molar-refractivity contribution < 1.29 is 28.7 Å². The van der Waals surface area contributed by atoms with Crippen LogP contribution in [-0.4, -0.2) is 42.9 Å². The summed E-state index contributed by atoms with van der Waals surface area (Å²) < 4.78 is 4.88. The van der Waals surface area contributed by atoms with E-state index in [9.17, 15) is 24.0 Å². The van der Waals surface area contributed by atoms with Crippen LogP contribution in [0.5, 0.6) is 0 Å². The molecule has 154 valence electrons. The minimum Gasteiger partial charge on any atom is -0.452 e. The maximum atomic E-state index is 12.5. The number of esters is 1. The SMILES string of the molecule is CCCNC(=O)NC(=O)COC(=O)c1ccc(N2C(=O)c3ccccc3C2=O)cc1. The van der Waals surface area contributed by atoms with Gasteiger partial charge in [-0.15, -0.1) is 0 Å². The number of hydrogen-bond acceptors (Lipinski definition) is 6. The largest absolute Gasteiger partial charge is 0.452 e. The smallest absolute Gasteiger partial charge is 0.338 e. The number of anilines is 1. The highest BCUT2D eigenvalue weighted by Gasteiger charge is 2.36. The summed E-state index contributed by atoms with van der Waals surface area (Å²) in [5, 5.41) is 4.50. The summed E-state index contributed by atoms with van der Waals surface area (Å²) in [6.45, 7) is 1.65. The predicted molar refractivity (Wildman–Crippen MR) is 106 cm³/mol. The fourth-order valence-corrected chi connectivity index (χ4v) is 2.83. The Kier molecular flexibility index (Phi) is 6.21. The molecule has 1 aliphatic heterocycles. The lowest BCUT2D eigenvalue weighted by molar-refractivity contribution is -0.123. The predicted octanol–water partition coefficient (Wildman–Crippen LogP) is 1.88. The fraction of sp³-hybridized carbons (Fsp3) is 0.190. The summed E-state index contributed by atoms with van der Waals surface area (Å²) in [4.78, 5) is 61.1. The van der Waals surface area contributed by atoms with E-state index in [0.29, 0.717) is 29.8 Å². The van der Waals surface area contributed by atoms with Crippen LogP contribution in [0.15, 0.2) is 48.5 Å². The highest BCUT2D eigenvalue weighted by Crippen LogP contribution is 2.28. The number of rotatable bonds is 6. The van der Waals surface area contributed by atoms with Crippen LogP contribution in [0, 0.1) is 0 Å². The van der Waals surface area contributed by atoms with Crippen molar-refractivity contribution in [2.24, 2.45) is 0 Å². The normalized spacial score (nSPS) is 12.4. The van der Waals surface area contributed by atoms with Crippen LogP contribution in [0.4, 0.5) is 10.5 Å². The van der Waals surface area contributed by atoms with Crippen molar-refractivity contribution in [3.63, 3.8) is 0 Å². The van der Waals surface area contributed by atoms with Gasteiger partial charge in [-0.25, -0.2) is 14.5 Å². The van der Waals surface area contributed by atoms with E-state index in [0.717, 1.165) is 4.90 Å². The Labute approximate surface area is 172 Å². The second kappa shape index (κ2) is 8.99. The number of hydrogen-bond donors (Lipinski definition) is 2. The Hall–Kier alpha value is -4.01. The number of ether oxygens (including phenoxy) is 1. The quantitative estimate of drug-likeness (QED) is 0.555. The van der Waals surface area contributed by atoms with Gasteiger partial charge in [0, 0.05) is 6.54 Å². The van der Waals surface area contributed by atoms with Crippen LogP contribution in [-0.2, 0) is 9.53 Å². The van der Waals surface area contributed by atoms with Gasteiger partial charge in [0.05, 0.1) is 22.4 Å². The molecule has 0 unspecified atom stereocenters. The monoisotopic (exact) mass is 409 g/mol. The Morgan fingerprint density at radius 2 is 1.53 bits per heavy atom. The molecular weight excluding hydrogens is 390 g/mol. The molecule has 0 atom stereocenters. The molecule has 0 aromatic heterocycles. The van der Waals surface area contributed by atoms with Crippen LogP contribution >= 0.6 is 0 Å². The topological polar surface area (TPSA) is 122 Å². The summed E-state index contributed by atoms with van der Waals surface area (Å²) in [5.74, 6) is -2.43. The summed E-state index contributed by atoms with van der Waals surface area (Å²) in [5.41, 5.74) is 1.07. The van der Waals surface area contributed by atoms with E-state index in [4.69, 9.17) is 4.74 Å². The van der Waals surface area contributed by atoms with Crippen molar-refractivity contribution >= 4 is 35.4 Å². The van der Waals surface area contributed by atoms with Gasteiger partial charge in [-0.05, 0) is 42.8 Å². The number of fused-ring (bicyclic) bond motifs is 1. The molecule has 1 aliphatic rings. The molecule has 0 saturated heterocycles. The standard InChI is InChI=1S/C21H19N3O6/c1-2-11-22-21(29)23-17(25)12-30-20(28)13-7-9-14(10-8-13)24-18(26)15-5-3-4-6-16(15)19(24)27/h3-10H,2,11-12H2,1H3,(H2,22,23,25,29). The fourth-order valence-electron chi connectivity index (χ4n) is 2.83. The van der Waals surface area contributed by atoms with Gasteiger partial charge in [0.25, 0.3) is 17.7 Å². The molecule has 9 nitrogen and oxygen atoms in total. The summed E-state index contributed by atoms with van der Waals surface area (Å²) in [7, 11) is 0. The number of benzene rings is 2. The van der Waals surface area contributed by atoms with Crippen LogP contribution < -0.4 is 15.5 Å². The molecule has 5 amide bonds. The minimum atomic E-state index is -0.784. The number of carbonyl (C=O) groups is 5. The van der Waals surface area contributed by atoms with Gasteiger partial charge in [0.15, 0.2) is 6.61 Å². The highest BCUT2D eigenvalue weighted by atomic mass is 16.5. The highest BCUT2D eigenvalue weighted by molar-refractivity contribution is 6.34. The number of nitrogens with zero attached hydrogens (tertiary/aromatic N) is 1. The molecule has 9 heteroatoms. The van der Waals surface area contributed by atoms with Crippen molar-refractivity contribution in [3.05, 3.63) is 65.2 Å². The molecule has 2 N–H and O–H groups in total. The maximum Gasteiger partial charge on any atom is 0.338 e. The van der Waals surface area contributed by atoms with E-state index in [-0.39, 0.29) is 5.56 Å². The number of imide groups is 2. The molecule has 1 heterocycles. The third kappa shape index (κ3) is 4.35. The second-order valence-electron chi connectivity index (χ2n) is 6.42. The summed E-state index contributed by atoms with van der Waals surface area (Å²) >= 11 is 0. The first-order valence-corrected chi connectivity index (χ1v) is 9.25. The zero-order chi connectivity index (χ0) is 21.7. The molecule has 0 radical (unpaired) electrons. The van der Waals surface area contributed by atoms with E-state index in [1.54, 1.807) is 24.3 Å². The number of nitrogens with one attached hydrogen (secondary N) is 2. The van der Waals surface area contributed by atoms with Gasteiger partial charge >= 0.3 is 12.0 Å². The van der Waals surface area contributed by atoms with E-state index in [1.807, 2.05) is 12.2 Å². The first-order chi connectivity index (χ1) is 14.4. The van der Waals surface area contributed by atoms with E-state index in [2.05, 4.69) is 5.32 Å². The zero-order valence-electron chi connectivity index (χ0n) is 16.1. The summed E-state index contributed by atoms with van der Waals surface area (Å²) in [6.07, 6.45) is 0.716. The lowest BCUT2D eigenvalue weighted by atomic mass is 10.1. The molecule has 2 aromatic carbocycles. The van der Waals surface area contributed by atoms with E-state index in [1.165, 1.54) is 24.3 Å². The summed E-state index contributed by atoms with van der Waals surface area (Å²) in [6, 6.07) is 11.5. The molecule has 2 aromatic rings. The van der Waals surface area contributed by atoms with Crippen molar-refractivity contribution in [1.29, 1.82) is 0 Å². The van der Waals surface area contributed by atoms with Crippen molar-refractivity contribution in [2.45, 2.75) is 13.3 Å². The molecule has 0 aliphatic carbocycles. The Morgan fingerprint density at radius 3 is 2.10 bits per heavy atom. The van der Waals surface area contributed by atoms with Crippen LogP contribution in [0.2, 0.25) is 0 Å². The average Bonchev–Trinajstić information content (AvgIpc) is 3.01. The van der Waals surface area contributed by atoms with Crippen LogP contribution in [0.3, 0.4) is 0 Å². The first kappa shape index (κ1) is 20.7. The number of carbonyl (C=O) groups excluding carboxylic acids is 5. The number of amides is 5. The molecule has 0 spiro atoms. The van der Waals surface area contributed by atoms with Crippen LogP contribution in [0.1, 0.15) is 44.4 Å². The van der Waals surface area contributed by atoms with Gasteiger partial charge < -0.3 is 10.1 Å². The lowest BCUT2D eigenvalue weighted by Gasteiger charge is -2.14. The molecule has 0 fully saturated rings. The molecule has 0 saturated carbocycles. The van der Waals surface area contributed by atoms with Crippen molar-refractivity contribution in [2.75, 3.05) is 18.1 Å². The van der Waals surface area contributed by atoms with Gasteiger partial charge in [0.2, 0.25) is 0 Å². The number of urea groups is 1. The van der Waals surface area contributed by atoms with E-state index < -0.39 is 36.3 Å². The van der Waals surface area contributed by atoms with Crippen LogP contribution in [0.25, 0.3) is 0 Å². The molecule has 30 heavy (non-hydrogen) atoms. The van der Waals surface area contributed by atoms with Gasteiger partial charge in [0.1, 0.15) is 0 Å². The van der Waals surface area contributed by atoms with Crippen molar-refractivity contribution in [1.82, 2.24) is 10.6 Å².